The number of benzene rings is 1. The van der Waals surface area contributed by atoms with Crippen LogP contribution in [0.25, 0.3) is 0 Å². The maximum absolute atomic E-state index is 12.8. The van der Waals surface area contributed by atoms with E-state index in [1.54, 1.807) is 6.26 Å². The molecule has 0 aliphatic carbocycles. The fourth-order valence-electron chi connectivity index (χ4n) is 1.91. The lowest BCUT2D eigenvalue weighted by Gasteiger charge is -2.13. The van der Waals surface area contributed by atoms with Crippen LogP contribution < -0.4 is 10.6 Å². The van der Waals surface area contributed by atoms with E-state index in [1.165, 1.54) is 12.1 Å². The molecule has 0 fully saturated rings. The van der Waals surface area contributed by atoms with Gasteiger partial charge in [0.25, 0.3) is 0 Å². The molecule has 2 N–H and O–H groups in total. The van der Waals surface area contributed by atoms with Crippen molar-refractivity contribution in [3.8, 4) is 0 Å². The van der Waals surface area contributed by atoms with Crippen molar-refractivity contribution in [2.75, 3.05) is 11.9 Å². The van der Waals surface area contributed by atoms with Crippen molar-refractivity contribution >= 4 is 34.6 Å². The second kappa shape index (κ2) is 7.70. The maximum Gasteiger partial charge on any atom is 0.417 e. The summed E-state index contributed by atoms with van der Waals surface area (Å²) < 4.78 is 43.5. The SMILES string of the molecule is FC(F)(F)c1cc(NC(=S)NCCCc2ccco2)ccc1Cl. The predicted molar refractivity (Wildman–Crippen MR) is 87.7 cm³/mol. The monoisotopic (exact) mass is 362 g/mol. The molecule has 124 valence electrons. The molecule has 0 saturated carbocycles. The van der Waals surface area contributed by atoms with E-state index in [0.29, 0.717) is 6.54 Å². The van der Waals surface area contributed by atoms with Gasteiger partial charge in [-0.1, -0.05) is 11.6 Å². The van der Waals surface area contributed by atoms with E-state index in [4.69, 9.17) is 28.2 Å². The Hall–Kier alpha value is -1.73. The molecule has 23 heavy (non-hydrogen) atoms. The Morgan fingerprint density at radius 1 is 1.26 bits per heavy atom. The first kappa shape index (κ1) is 17.6. The molecule has 0 aliphatic rings. The molecule has 0 bridgehead atoms. The molecule has 1 aromatic carbocycles. The quantitative estimate of drug-likeness (QED) is 0.587. The molecule has 0 amide bonds. The van der Waals surface area contributed by atoms with Crippen molar-refractivity contribution in [2.45, 2.75) is 19.0 Å². The zero-order chi connectivity index (χ0) is 16.9. The van der Waals surface area contributed by atoms with Crippen molar-refractivity contribution in [3.05, 3.63) is 52.9 Å². The standard InChI is InChI=1S/C15H14ClF3N2OS/c16-13-6-5-10(9-12(13)15(17,18)19)21-14(23)20-7-1-3-11-4-2-8-22-11/h2,4-6,8-9H,1,3,7H2,(H2,20,21,23). The molecule has 8 heteroatoms. The lowest BCUT2D eigenvalue weighted by molar-refractivity contribution is -0.137. The molecule has 1 aromatic heterocycles. The normalized spacial score (nSPS) is 11.3. The van der Waals surface area contributed by atoms with Gasteiger partial charge < -0.3 is 15.1 Å². The van der Waals surface area contributed by atoms with Crippen LogP contribution in [0.2, 0.25) is 5.02 Å². The summed E-state index contributed by atoms with van der Waals surface area (Å²) in [5.41, 5.74) is -0.671. The molecule has 1 heterocycles. The van der Waals surface area contributed by atoms with Crippen molar-refractivity contribution in [1.82, 2.24) is 5.32 Å². The van der Waals surface area contributed by atoms with E-state index < -0.39 is 11.7 Å². The van der Waals surface area contributed by atoms with Crippen molar-refractivity contribution in [2.24, 2.45) is 0 Å². The van der Waals surface area contributed by atoms with Gasteiger partial charge in [0.05, 0.1) is 16.8 Å². The van der Waals surface area contributed by atoms with Crippen LogP contribution in [0.5, 0.6) is 0 Å². The lowest BCUT2D eigenvalue weighted by atomic mass is 10.2. The van der Waals surface area contributed by atoms with E-state index in [1.807, 2.05) is 12.1 Å². The van der Waals surface area contributed by atoms with Crippen molar-refractivity contribution in [3.63, 3.8) is 0 Å². The summed E-state index contributed by atoms with van der Waals surface area (Å²) in [7, 11) is 0. The number of furan rings is 1. The molecule has 0 aliphatic heterocycles. The molecular weight excluding hydrogens is 349 g/mol. The second-order valence-electron chi connectivity index (χ2n) is 4.76. The van der Waals surface area contributed by atoms with Gasteiger partial charge in [-0.2, -0.15) is 13.2 Å². The minimum atomic E-state index is -4.51. The number of alkyl halides is 3. The van der Waals surface area contributed by atoms with Gasteiger partial charge in [-0.15, -0.1) is 0 Å². The first-order valence-electron chi connectivity index (χ1n) is 6.80. The Morgan fingerprint density at radius 2 is 2.04 bits per heavy atom. The summed E-state index contributed by atoms with van der Waals surface area (Å²) in [6.45, 7) is 0.576. The molecular formula is C15H14ClF3N2OS. The topological polar surface area (TPSA) is 37.2 Å². The van der Waals surface area contributed by atoms with E-state index in [9.17, 15) is 13.2 Å². The summed E-state index contributed by atoms with van der Waals surface area (Å²) in [4.78, 5) is 0. The highest BCUT2D eigenvalue weighted by atomic mass is 35.5. The molecule has 0 radical (unpaired) electrons. The fraction of sp³-hybridized carbons (Fsp3) is 0.267. The average molecular weight is 363 g/mol. The van der Waals surface area contributed by atoms with Gasteiger partial charge in [-0.3, -0.25) is 0 Å². The van der Waals surface area contributed by atoms with Crippen LogP contribution >= 0.6 is 23.8 Å². The fourth-order valence-corrected chi connectivity index (χ4v) is 2.36. The Bertz CT molecular complexity index is 659. The summed E-state index contributed by atoms with van der Waals surface area (Å²) in [6, 6.07) is 7.25. The summed E-state index contributed by atoms with van der Waals surface area (Å²) in [6.07, 6.45) is -1.37. The number of rotatable bonds is 5. The van der Waals surface area contributed by atoms with Gasteiger partial charge in [0, 0.05) is 18.7 Å². The third kappa shape index (κ3) is 5.44. The highest BCUT2D eigenvalue weighted by Gasteiger charge is 2.33. The minimum Gasteiger partial charge on any atom is -0.469 e. The number of hydrogen-bond acceptors (Lipinski definition) is 2. The summed E-state index contributed by atoms with van der Waals surface area (Å²) in [5, 5.41) is 5.55. The molecule has 2 aromatic rings. The number of hydrogen-bond donors (Lipinski definition) is 2. The number of nitrogens with one attached hydrogen (secondary N) is 2. The van der Waals surface area contributed by atoms with Crippen LogP contribution in [0.4, 0.5) is 18.9 Å². The highest BCUT2D eigenvalue weighted by Crippen LogP contribution is 2.36. The van der Waals surface area contributed by atoms with Crippen LogP contribution in [0.3, 0.4) is 0 Å². The van der Waals surface area contributed by atoms with Gasteiger partial charge in [0.1, 0.15) is 5.76 Å². The second-order valence-corrected chi connectivity index (χ2v) is 5.57. The summed E-state index contributed by atoms with van der Waals surface area (Å²) >= 11 is 10.6. The van der Waals surface area contributed by atoms with E-state index in [0.717, 1.165) is 24.7 Å². The molecule has 0 unspecified atom stereocenters. The molecule has 3 nitrogen and oxygen atoms in total. The van der Waals surface area contributed by atoms with Gasteiger partial charge in [-0.05, 0) is 49.0 Å². The van der Waals surface area contributed by atoms with Crippen LogP contribution in [0.1, 0.15) is 17.7 Å². The van der Waals surface area contributed by atoms with Crippen LogP contribution in [-0.2, 0) is 12.6 Å². The van der Waals surface area contributed by atoms with Crippen molar-refractivity contribution in [1.29, 1.82) is 0 Å². The number of thiocarbonyl (C=S) groups is 1. The van der Waals surface area contributed by atoms with E-state index in [-0.39, 0.29) is 15.8 Å². The molecule has 0 saturated heterocycles. The van der Waals surface area contributed by atoms with Crippen LogP contribution in [0, 0.1) is 0 Å². The molecule has 0 atom stereocenters. The first-order chi connectivity index (χ1) is 10.9. The lowest BCUT2D eigenvalue weighted by Crippen LogP contribution is -2.29. The third-order valence-corrected chi connectivity index (χ3v) is 3.57. The van der Waals surface area contributed by atoms with Crippen LogP contribution in [-0.4, -0.2) is 11.7 Å². The minimum absolute atomic E-state index is 0.227. The highest BCUT2D eigenvalue weighted by molar-refractivity contribution is 7.80. The molecule has 0 spiro atoms. The zero-order valence-corrected chi connectivity index (χ0v) is 13.5. The number of anilines is 1. The first-order valence-corrected chi connectivity index (χ1v) is 7.59. The zero-order valence-electron chi connectivity index (χ0n) is 11.9. The van der Waals surface area contributed by atoms with E-state index in [2.05, 4.69) is 10.6 Å². The van der Waals surface area contributed by atoms with Gasteiger partial charge in [0.15, 0.2) is 5.11 Å². The Labute approximate surface area is 141 Å². The summed E-state index contributed by atoms with van der Waals surface area (Å²) in [5.74, 6) is 0.873. The van der Waals surface area contributed by atoms with Gasteiger partial charge in [-0.25, -0.2) is 0 Å². The third-order valence-electron chi connectivity index (χ3n) is 3.00. The maximum atomic E-state index is 12.8. The Kier molecular flexibility index (Phi) is 5.90. The number of halogens is 4. The van der Waals surface area contributed by atoms with Crippen LogP contribution in [0.15, 0.2) is 41.0 Å². The van der Waals surface area contributed by atoms with Crippen molar-refractivity contribution < 1.29 is 17.6 Å². The smallest absolute Gasteiger partial charge is 0.417 e. The average Bonchev–Trinajstić information content (AvgIpc) is 2.98. The van der Waals surface area contributed by atoms with Gasteiger partial charge in [0.2, 0.25) is 0 Å². The predicted octanol–water partition coefficient (Wildman–Crippen LogP) is 4.87. The Balaban J connectivity index is 1.83. The Morgan fingerprint density at radius 3 is 2.70 bits per heavy atom. The van der Waals surface area contributed by atoms with Gasteiger partial charge >= 0.3 is 6.18 Å². The van der Waals surface area contributed by atoms with E-state index >= 15 is 0 Å². The number of aryl methyl sites for hydroxylation is 1. The molecule has 2 rings (SSSR count). The largest absolute Gasteiger partial charge is 0.469 e.